The molecule has 2 aromatic rings. The molecular formula is C14H14ClNO4S2. The maximum Gasteiger partial charge on any atom is 0.326 e. The van der Waals surface area contributed by atoms with Crippen molar-refractivity contribution in [2.75, 3.05) is 13.6 Å². The van der Waals surface area contributed by atoms with E-state index in [1.54, 1.807) is 24.3 Å². The van der Waals surface area contributed by atoms with Crippen molar-refractivity contribution >= 4 is 38.9 Å². The molecule has 0 spiro atoms. The number of hydrogen-bond donors (Lipinski definition) is 0. The van der Waals surface area contributed by atoms with Gasteiger partial charge in [-0.1, -0.05) is 29.3 Å². The molecule has 0 aliphatic carbocycles. The third-order valence-electron chi connectivity index (χ3n) is 2.82. The van der Waals surface area contributed by atoms with E-state index in [0.29, 0.717) is 10.1 Å². The fourth-order valence-corrected chi connectivity index (χ4v) is 4.44. The number of hydrogen-bond acceptors (Lipinski definition) is 5. The average molecular weight is 360 g/mol. The number of rotatable bonds is 5. The molecular weight excluding hydrogens is 346 g/mol. The molecule has 0 saturated carbocycles. The van der Waals surface area contributed by atoms with Crippen LogP contribution in [0.25, 0.3) is 0 Å². The lowest BCUT2D eigenvalue weighted by molar-refractivity contribution is -0.134. The molecule has 0 N–H and O–H groups in total. The van der Waals surface area contributed by atoms with Crippen molar-refractivity contribution in [2.24, 2.45) is 0 Å². The molecule has 22 heavy (non-hydrogen) atoms. The monoisotopic (exact) mass is 359 g/mol. The molecule has 118 valence electrons. The van der Waals surface area contributed by atoms with Crippen LogP contribution in [0.4, 0.5) is 0 Å². The minimum absolute atomic E-state index is 0.0862. The summed E-state index contributed by atoms with van der Waals surface area (Å²) >= 11 is 6.68. The lowest BCUT2D eigenvalue weighted by Gasteiger charge is -2.15. The molecule has 0 bridgehead atoms. The summed E-state index contributed by atoms with van der Waals surface area (Å²) in [5.74, 6) is -0.279. The zero-order chi connectivity index (χ0) is 16.3. The minimum atomic E-state index is -3.75. The summed E-state index contributed by atoms with van der Waals surface area (Å²) in [6.45, 7) is 1.53. The Morgan fingerprint density at radius 1 is 1.23 bits per heavy atom. The number of thiophene rings is 1. The van der Waals surface area contributed by atoms with E-state index in [9.17, 15) is 13.2 Å². The van der Waals surface area contributed by atoms with Crippen molar-refractivity contribution in [2.45, 2.75) is 11.1 Å². The third kappa shape index (κ3) is 4.07. The molecule has 0 amide bonds. The minimum Gasteiger partial charge on any atom is -0.426 e. The Morgan fingerprint density at radius 2 is 1.86 bits per heavy atom. The zero-order valence-electron chi connectivity index (χ0n) is 11.9. The number of halogens is 1. The molecule has 5 nitrogen and oxygen atoms in total. The zero-order valence-corrected chi connectivity index (χ0v) is 14.3. The molecule has 1 aromatic carbocycles. The Balaban J connectivity index is 2.03. The van der Waals surface area contributed by atoms with Crippen molar-refractivity contribution < 1.29 is 17.9 Å². The van der Waals surface area contributed by atoms with Crippen LogP contribution >= 0.6 is 22.9 Å². The van der Waals surface area contributed by atoms with E-state index in [4.69, 9.17) is 16.3 Å². The van der Waals surface area contributed by atoms with E-state index in [1.165, 1.54) is 19.2 Å². The molecule has 0 unspecified atom stereocenters. The Labute approximate surface area is 138 Å². The summed E-state index contributed by atoms with van der Waals surface area (Å²) in [5, 5.41) is 0. The number of aryl methyl sites for hydroxylation is 1. The maximum absolute atomic E-state index is 12.2. The van der Waals surface area contributed by atoms with Gasteiger partial charge in [0.05, 0.1) is 4.34 Å². The van der Waals surface area contributed by atoms with Gasteiger partial charge in [-0.25, -0.2) is 8.42 Å². The van der Waals surface area contributed by atoms with Gasteiger partial charge in [-0.3, -0.25) is 4.79 Å². The highest BCUT2D eigenvalue weighted by molar-refractivity contribution is 7.91. The standard InChI is InChI=1S/C14H14ClNO4S2/c1-10-3-5-11(6-4-10)20-13(17)9-16(2)22(18,19)14-8-7-12(15)21-14/h3-8H,9H2,1-2H3. The van der Waals surface area contributed by atoms with Gasteiger partial charge >= 0.3 is 5.97 Å². The Kier molecular flexibility index (Phi) is 5.23. The van der Waals surface area contributed by atoms with Gasteiger partial charge in [0.1, 0.15) is 16.5 Å². The molecule has 1 aromatic heterocycles. The van der Waals surface area contributed by atoms with Crippen molar-refractivity contribution in [1.29, 1.82) is 0 Å². The first-order valence-electron chi connectivity index (χ1n) is 6.28. The first kappa shape index (κ1) is 17.0. The van der Waals surface area contributed by atoms with Gasteiger partial charge in [-0.05, 0) is 31.2 Å². The number of esters is 1. The lowest BCUT2D eigenvalue weighted by Crippen LogP contribution is -2.33. The van der Waals surface area contributed by atoms with Crippen LogP contribution in [0.2, 0.25) is 4.34 Å². The number of carbonyl (C=O) groups is 1. The molecule has 0 saturated heterocycles. The summed E-state index contributed by atoms with van der Waals surface area (Å²) in [6, 6.07) is 9.82. The highest BCUT2D eigenvalue weighted by Gasteiger charge is 2.25. The van der Waals surface area contributed by atoms with E-state index < -0.39 is 16.0 Å². The van der Waals surface area contributed by atoms with Crippen LogP contribution in [0.3, 0.4) is 0 Å². The predicted octanol–water partition coefficient (Wildman–Crippen LogP) is 2.94. The predicted molar refractivity (Wildman–Crippen MR) is 86.0 cm³/mol. The highest BCUT2D eigenvalue weighted by Crippen LogP contribution is 2.27. The number of benzene rings is 1. The number of carbonyl (C=O) groups excluding carboxylic acids is 1. The van der Waals surface area contributed by atoms with E-state index in [-0.39, 0.29) is 10.8 Å². The van der Waals surface area contributed by atoms with Gasteiger partial charge in [-0.2, -0.15) is 4.31 Å². The average Bonchev–Trinajstić information content (AvgIpc) is 2.88. The summed E-state index contributed by atoms with van der Waals surface area (Å²) in [5.41, 5.74) is 1.04. The van der Waals surface area contributed by atoms with Gasteiger partial charge in [0, 0.05) is 7.05 Å². The Hall–Kier alpha value is -1.41. The highest BCUT2D eigenvalue weighted by atomic mass is 35.5. The van der Waals surface area contributed by atoms with E-state index in [1.807, 2.05) is 6.92 Å². The maximum atomic E-state index is 12.2. The van der Waals surface area contributed by atoms with Crippen LogP contribution < -0.4 is 4.74 Å². The van der Waals surface area contributed by atoms with Crippen molar-refractivity contribution in [3.63, 3.8) is 0 Å². The molecule has 1 heterocycles. The molecule has 0 aliphatic rings. The molecule has 8 heteroatoms. The SMILES string of the molecule is Cc1ccc(OC(=O)CN(C)S(=O)(=O)c2ccc(Cl)s2)cc1. The molecule has 0 aliphatic heterocycles. The number of likely N-dealkylation sites (N-methyl/N-ethyl adjacent to an activating group) is 1. The molecule has 0 fully saturated rings. The van der Waals surface area contributed by atoms with Crippen LogP contribution in [0.5, 0.6) is 5.75 Å². The van der Waals surface area contributed by atoms with E-state index in [0.717, 1.165) is 21.2 Å². The van der Waals surface area contributed by atoms with Crippen LogP contribution in [0.1, 0.15) is 5.56 Å². The second-order valence-electron chi connectivity index (χ2n) is 4.61. The number of nitrogens with zero attached hydrogens (tertiary/aromatic N) is 1. The smallest absolute Gasteiger partial charge is 0.326 e. The number of ether oxygens (including phenoxy) is 1. The van der Waals surface area contributed by atoms with E-state index >= 15 is 0 Å². The van der Waals surface area contributed by atoms with Crippen molar-refractivity contribution in [1.82, 2.24) is 4.31 Å². The first-order valence-corrected chi connectivity index (χ1v) is 8.91. The quantitative estimate of drug-likeness (QED) is 0.608. The van der Waals surface area contributed by atoms with Gasteiger partial charge in [0.25, 0.3) is 10.0 Å². The Morgan fingerprint density at radius 3 is 2.41 bits per heavy atom. The van der Waals surface area contributed by atoms with E-state index in [2.05, 4.69) is 0 Å². The molecule has 0 atom stereocenters. The van der Waals surface area contributed by atoms with Gasteiger partial charge in [0.15, 0.2) is 0 Å². The van der Waals surface area contributed by atoms with Gasteiger partial charge in [0.2, 0.25) is 0 Å². The summed E-state index contributed by atoms with van der Waals surface area (Å²) in [4.78, 5) is 11.8. The molecule has 2 rings (SSSR count). The van der Waals surface area contributed by atoms with Gasteiger partial charge < -0.3 is 4.74 Å². The fourth-order valence-electron chi connectivity index (χ4n) is 1.63. The third-order valence-corrected chi connectivity index (χ3v) is 6.32. The van der Waals surface area contributed by atoms with Crippen LogP contribution in [0, 0.1) is 6.92 Å². The lowest BCUT2D eigenvalue weighted by atomic mass is 10.2. The largest absolute Gasteiger partial charge is 0.426 e. The second-order valence-corrected chi connectivity index (χ2v) is 8.59. The second kappa shape index (κ2) is 6.78. The summed E-state index contributed by atoms with van der Waals surface area (Å²) in [6.07, 6.45) is 0. The van der Waals surface area contributed by atoms with Crippen molar-refractivity contribution in [3.8, 4) is 5.75 Å². The first-order chi connectivity index (χ1) is 10.3. The van der Waals surface area contributed by atoms with Crippen LogP contribution in [-0.2, 0) is 14.8 Å². The normalized spacial score (nSPS) is 11.6. The summed E-state index contributed by atoms with van der Waals surface area (Å²) < 4.78 is 31.0. The topological polar surface area (TPSA) is 63.7 Å². The van der Waals surface area contributed by atoms with Crippen molar-refractivity contribution in [3.05, 3.63) is 46.3 Å². The Bertz CT molecular complexity index is 768. The fraction of sp³-hybridized carbons (Fsp3) is 0.214. The van der Waals surface area contributed by atoms with Crippen LogP contribution in [-0.4, -0.2) is 32.3 Å². The molecule has 0 radical (unpaired) electrons. The van der Waals surface area contributed by atoms with Crippen LogP contribution in [0.15, 0.2) is 40.6 Å². The summed E-state index contributed by atoms with van der Waals surface area (Å²) in [7, 11) is -2.43. The van der Waals surface area contributed by atoms with Gasteiger partial charge in [-0.15, -0.1) is 11.3 Å². The number of sulfonamides is 1.